The zero-order valence-electron chi connectivity index (χ0n) is 11.2. The molecule has 0 saturated carbocycles. The smallest absolute Gasteiger partial charge is 0.244 e. The maximum absolute atomic E-state index is 11.7. The summed E-state index contributed by atoms with van der Waals surface area (Å²) in [7, 11) is 8.04. The molecule has 5 heteroatoms. The molecule has 0 bridgehead atoms. The van der Waals surface area contributed by atoms with Crippen LogP contribution < -0.4 is 10.6 Å². The van der Waals surface area contributed by atoms with Gasteiger partial charge in [0.05, 0.1) is 6.04 Å². The Morgan fingerprint density at radius 3 is 2.65 bits per heavy atom. The zero-order chi connectivity index (χ0) is 12.8. The van der Waals surface area contributed by atoms with E-state index in [-0.39, 0.29) is 11.9 Å². The van der Waals surface area contributed by atoms with Crippen LogP contribution in [-0.2, 0) is 4.79 Å². The molecule has 2 N–H and O–H groups in total. The second-order valence-corrected chi connectivity index (χ2v) is 4.97. The van der Waals surface area contributed by atoms with Crippen LogP contribution in [0.15, 0.2) is 12.2 Å². The quantitative estimate of drug-likeness (QED) is 0.613. The Morgan fingerprint density at radius 1 is 1.35 bits per heavy atom. The molecule has 1 saturated heterocycles. The van der Waals surface area contributed by atoms with Crippen molar-refractivity contribution < 1.29 is 4.79 Å². The average molecular weight is 240 g/mol. The second-order valence-electron chi connectivity index (χ2n) is 4.97. The van der Waals surface area contributed by atoms with Crippen molar-refractivity contribution in [3.63, 3.8) is 0 Å². The summed E-state index contributed by atoms with van der Waals surface area (Å²) < 4.78 is 0. The van der Waals surface area contributed by atoms with Crippen LogP contribution in [0.3, 0.4) is 0 Å². The Labute approximate surface area is 104 Å². The van der Waals surface area contributed by atoms with E-state index in [9.17, 15) is 4.79 Å². The van der Waals surface area contributed by atoms with Crippen LogP contribution in [0, 0.1) is 0 Å². The molecular formula is C12H24N4O. The highest BCUT2D eigenvalue weighted by molar-refractivity contribution is 5.87. The molecule has 0 aromatic carbocycles. The number of hydrogen-bond donors (Lipinski definition) is 2. The number of rotatable bonds is 5. The highest BCUT2D eigenvalue weighted by Gasteiger charge is 2.29. The lowest BCUT2D eigenvalue weighted by Crippen LogP contribution is -2.48. The minimum atomic E-state index is -0.00704. The fourth-order valence-electron chi connectivity index (χ4n) is 1.96. The SMILES string of the molecule is CN(C)C/C=C/C(=O)N[C@H]1CNCC1N(C)C. The normalized spacial score (nSPS) is 25.1. The number of nitrogens with one attached hydrogen (secondary N) is 2. The van der Waals surface area contributed by atoms with E-state index >= 15 is 0 Å². The van der Waals surface area contributed by atoms with Gasteiger partial charge in [-0.25, -0.2) is 0 Å². The Hall–Kier alpha value is -0.910. The molecule has 0 aromatic rings. The van der Waals surface area contributed by atoms with Gasteiger partial charge in [0, 0.05) is 31.8 Å². The van der Waals surface area contributed by atoms with Crippen molar-refractivity contribution in [2.75, 3.05) is 47.8 Å². The third-order valence-electron chi connectivity index (χ3n) is 2.91. The van der Waals surface area contributed by atoms with Crippen molar-refractivity contribution in [3.05, 3.63) is 12.2 Å². The van der Waals surface area contributed by atoms with Gasteiger partial charge in [0.15, 0.2) is 0 Å². The number of amides is 1. The van der Waals surface area contributed by atoms with Gasteiger partial charge in [0.25, 0.3) is 0 Å². The number of hydrogen-bond acceptors (Lipinski definition) is 4. The number of carbonyl (C=O) groups excluding carboxylic acids is 1. The molecule has 0 spiro atoms. The van der Waals surface area contributed by atoms with Crippen LogP contribution in [0.25, 0.3) is 0 Å². The van der Waals surface area contributed by atoms with Gasteiger partial charge >= 0.3 is 0 Å². The van der Waals surface area contributed by atoms with E-state index < -0.39 is 0 Å². The summed E-state index contributed by atoms with van der Waals surface area (Å²) in [5.74, 6) is -0.00704. The van der Waals surface area contributed by atoms with E-state index in [0.717, 1.165) is 19.6 Å². The number of likely N-dealkylation sites (N-methyl/N-ethyl adjacent to an activating group) is 2. The first-order valence-electron chi connectivity index (χ1n) is 5.99. The summed E-state index contributed by atoms with van der Waals surface area (Å²) in [6.45, 7) is 2.56. The Balaban J connectivity index is 2.37. The van der Waals surface area contributed by atoms with Crippen LogP contribution in [0.1, 0.15) is 0 Å². The van der Waals surface area contributed by atoms with Crippen LogP contribution in [0.5, 0.6) is 0 Å². The Morgan fingerprint density at radius 2 is 2.06 bits per heavy atom. The first-order chi connectivity index (χ1) is 8.00. The van der Waals surface area contributed by atoms with Gasteiger partial charge < -0.3 is 20.4 Å². The molecule has 0 aliphatic carbocycles. The van der Waals surface area contributed by atoms with Crippen molar-refractivity contribution in [1.29, 1.82) is 0 Å². The molecule has 0 radical (unpaired) electrons. The Kier molecular flexibility index (Phi) is 5.61. The molecule has 5 nitrogen and oxygen atoms in total. The lowest BCUT2D eigenvalue weighted by atomic mass is 10.1. The van der Waals surface area contributed by atoms with Gasteiger partial charge in [-0.2, -0.15) is 0 Å². The molecule has 1 amide bonds. The van der Waals surface area contributed by atoms with Crippen LogP contribution in [-0.4, -0.2) is 75.6 Å². The maximum Gasteiger partial charge on any atom is 0.244 e. The van der Waals surface area contributed by atoms with Crippen molar-refractivity contribution >= 4 is 5.91 Å². The van der Waals surface area contributed by atoms with E-state index in [2.05, 4.69) is 15.5 Å². The predicted octanol–water partition coefficient (Wildman–Crippen LogP) is -0.878. The highest BCUT2D eigenvalue weighted by Crippen LogP contribution is 2.05. The van der Waals surface area contributed by atoms with Crippen molar-refractivity contribution in [3.8, 4) is 0 Å². The van der Waals surface area contributed by atoms with Gasteiger partial charge in [-0.1, -0.05) is 6.08 Å². The summed E-state index contributed by atoms with van der Waals surface area (Å²) in [5.41, 5.74) is 0. The predicted molar refractivity (Wildman–Crippen MR) is 70.0 cm³/mol. The maximum atomic E-state index is 11.7. The minimum Gasteiger partial charge on any atom is -0.347 e. The monoisotopic (exact) mass is 240 g/mol. The molecule has 0 aromatic heterocycles. The first kappa shape index (κ1) is 14.2. The molecule has 1 rings (SSSR count). The molecule has 1 unspecified atom stereocenters. The van der Waals surface area contributed by atoms with Gasteiger partial charge in [-0.3, -0.25) is 4.79 Å². The Bertz CT molecular complexity index is 276. The standard InChI is InChI=1S/C12H24N4O/c1-15(2)7-5-6-12(17)14-10-8-13-9-11(10)16(3)4/h5-6,10-11,13H,7-9H2,1-4H3,(H,14,17)/b6-5+/t10-,11?/m0/s1. The second kappa shape index (κ2) is 6.74. The van der Waals surface area contributed by atoms with E-state index in [0.29, 0.717) is 6.04 Å². The average Bonchev–Trinajstić information content (AvgIpc) is 2.65. The van der Waals surface area contributed by atoms with E-state index in [1.165, 1.54) is 0 Å². The number of carbonyl (C=O) groups is 1. The summed E-state index contributed by atoms with van der Waals surface area (Å²) in [6, 6.07) is 0.572. The molecule has 1 aliphatic heterocycles. The molecule has 2 atom stereocenters. The summed E-state index contributed by atoms with van der Waals surface area (Å²) >= 11 is 0. The van der Waals surface area contributed by atoms with Gasteiger partial charge in [-0.05, 0) is 28.2 Å². The number of nitrogens with zero attached hydrogens (tertiary/aromatic N) is 2. The molecule has 1 aliphatic rings. The van der Waals surface area contributed by atoms with Crippen LogP contribution in [0.4, 0.5) is 0 Å². The molecule has 17 heavy (non-hydrogen) atoms. The third kappa shape index (κ3) is 4.85. The fraction of sp³-hybridized carbons (Fsp3) is 0.750. The van der Waals surface area contributed by atoms with Gasteiger partial charge in [-0.15, -0.1) is 0 Å². The topological polar surface area (TPSA) is 47.6 Å². The van der Waals surface area contributed by atoms with Crippen molar-refractivity contribution in [2.45, 2.75) is 12.1 Å². The largest absolute Gasteiger partial charge is 0.347 e. The molecule has 1 fully saturated rings. The summed E-state index contributed by atoms with van der Waals surface area (Å²) in [6.07, 6.45) is 3.49. The highest BCUT2D eigenvalue weighted by atomic mass is 16.1. The van der Waals surface area contributed by atoms with Crippen LogP contribution in [0.2, 0.25) is 0 Å². The van der Waals surface area contributed by atoms with E-state index in [1.807, 2.05) is 39.2 Å². The van der Waals surface area contributed by atoms with E-state index in [1.54, 1.807) is 6.08 Å². The van der Waals surface area contributed by atoms with Crippen molar-refractivity contribution in [2.24, 2.45) is 0 Å². The van der Waals surface area contributed by atoms with Crippen LogP contribution >= 0.6 is 0 Å². The first-order valence-corrected chi connectivity index (χ1v) is 5.99. The molecular weight excluding hydrogens is 216 g/mol. The molecule has 1 heterocycles. The van der Waals surface area contributed by atoms with Crippen molar-refractivity contribution in [1.82, 2.24) is 20.4 Å². The summed E-state index contributed by atoms with van der Waals surface area (Å²) in [4.78, 5) is 15.9. The molecule has 98 valence electrons. The minimum absolute atomic E-state index is 0.00704. The zero-order valence-corrected chi connectivity index (χ0v) is 11.2. The van der Waals surface area contributed by atoms with Gasteiger partial charge in [0.2, 0.25) is 5.91 Å². The fourth-order valence-corrected chi connectivity index (χ4v) is 1.96. The lowest BCUT2D eigenvalue weighted by molar-refractivity contribution is -0.117. The summed E-state index contributed by atoms with van der Waals surface area (Å²) in [5, 5.41) is 6.33. The third-order valence-corrected chi connectivity index (χ3v) is 2.91. The van der Waals surface area contributed by atoms with Gasteiger partial charge in [0.1, 0.15) is 0 Å². The van der Waals surface area contributed by atoms with E-state index in [4.69, 9.17) is 0 Å². The lowest BCUT2D eigenvalue weighted by Gasteiger charge is -2.25.